The van der Waals surface area contributed by atoms with E-state index in [4.69, 9.17) is 10.3 Å². The van der Waals surface area contributed by atoms with Gasteiger partial charge in [0.25, 0.3) is 0 Å². The number of benzene rings is 1. The number of nitrogens with two attached hydrogens (primary N) is 1. The summed E-state index contributed by atoms with van der Waals surface area (Å²) in [6, 6.07) is 11.9. The number of amides is 1. The second-order valence-electron chi connectivity index (χ2n) is 4.52. The lowest BCUT2D eigenvalue weighted by molar-refractivity contribution is 0.0924. The van der Waals surface area contributed by atoms with Crippen molar-refractivity contribution in [1.29, 1.82) is 0 Å². The van der Waals surface area contributed by atoms with Gasteiger partial charge in [0.2, 0.25) is 0 Å². The average molecular weight is 273 g/mol. The third-order valence-electron chi connectivity index (χ3n) is 3.24. The molecule has 1 aromatic heterocycles. The van der Waals surface area contributed by atoms with Crippen LogP contribution in [-0.2, 0) is 6.54 Å². The first-order valence-corrected chi connectivity index (χ1v) is 6.56. The fourth-order valence-electron chi connectivity index (χ4n) is 2.09. The summed E-state index contributed by atoms with van der Waals surface area (Å²) < 4.78 is 5.43. The van der Waals surface area contributed by atoms with E-state index in [0.717, 1.165) is 23.6 Å². The van der Waals surface area contributed by atoms with E-state index < -0.39 is 5.91 Å². The molecule has 0 spiro atoms. The summed E-state index contributed by atoms with van der Waals surface area (Å²) in [4.78, 5) is 13.7. The van der Waals surface area contributed by atoms with Gasteiger partial charge in [0.1, 0.15) is 5.76 Å². The molecule has 0 fully saturated rings. The van der Waals surface area contributed by atoms with E-state index in [9.17, 15) is 4.79 Å². The van der Waals surface area contributed by atoms with Crippen LogP contribution >= 0.6 is 0 Å². The van der Waals surface area contributed by atoms with Gasteiger partial charge in [-0.3, -0.25) is 10.2 Å². The molecule has 0 aliphatic heterocycles. The van der Waals surface area contributed by atoms with E-state index in [-0.39, 0.29) is 5.76 Å². The van der Waals surface area contributed by atoms with E-state index in [0.29, 0.717) is 6.54 Å². The van der Waals surface area contributed by atoms with Gasteiger partial charge in [-0.15, -0.1) is 0 Å². The number of aryl methyl sites for hydroxylation is 1. The Kier molecular flexibility index (Phi) is 4.42. The summed E-state index contributed by atoms with van der Waals surface area (Å²) >= 11 is 0. The summed E-state index contributed by atoms with van der Waals surface area (Å²) in [5.74, 6) is 5.67. The molecule has 0 bridgehead atoms. The van der Waals surface area contributed by atoms with Crippen LogP contribution in [0.15, 0.2) is 40.8 Å². The minimum absolute atomic E-state index is 0.240. The molecule has 2 rings (SSSR count). The molecule has 1 heterocycles. The van der Waals surface area contributed by atoms with Gasteiger partial charge in [0.05, 0.1) is 0 Å². The molecular weight excluding hydrogens is 254 g/mol. The van der Waals surface area contributed by atoms with Crippen LogP contribution in [0, 0.1) is 6.92 Å². The smallest absolute Gasteiger partial charge is 0.300 e. The Morgan fingerprint density at radius 1 is 1.35 bits per heavy atom. The first-order chi connectivity index (χ1) is 9.65. The van der Waals surface area contributed by atoms with Crippen LogP contribution in [-0.4, -0.2) is 12.5 Å². The lowest BCUT2D eigenvalue weighted by Crippen LogP contribution is -2.29. The number of nitrogen functional groups attached to an aromatic ring is 1. The third kappa shape index (κ3) is 3.00. The molecule has 0 radical (unpaired) electrons. The number of carbonyl (C=O) groups excluding carboxylic acids is 1. The average Bonchev–Trinajstić information content (AvgIpc) is 2.86. The Bertz CT molecular complexity index is 578. The van der Waals surface area contributed by atoms with Crippen molar-refractivity contribution < 1.29 is 9.21 Å². The first-order valence-electron chi connectivity index (χ1n) is 6.56. The van der Waals surface area contributed by atoms with Gasteiger partial charge in [0.15, 0.2) is 5.76 Å². The number of rotatable bonds is 5. The van der Waals surface area contributed by atoms with Crippen molar-refractivity contribution in [3.05, 3.63) is 53.5 Å². The molecule has 1 amide bonds. The number of hydrazine groups is 1. The van der Waals surface area contributed by atoms with Gasteiger partial charge in [-0.2, -0.15) is 0 Å². The molecule has 3 N–H and O–H groups in total. The lowest BCUT2D eigenvalue weighted by Gasteiger charge is -2.22. The summed E-state index contributed by atoms with van der Waals surface area (Å²) in [5, 5.41) is 0. The summed E-state index contributed by atoms with van der Waals surface area (Å²) in [5.41, 5.74) is 4.19. The Hall–Kier alpha value is -2.27. The Morgan fingerprint density at radius 2 is 2.05 bits per heavy atom. The van der Waals surface area contributed by atoms with Gasteiger partial charge >= 0.3 is 5.91 Å². The maximum Gasteiger partial charge on any atom is 0.300 e. The van der Waals surface area contributed by atoms with Gasteiger partial charge in [-0.1, -0.05) is 18.2 Å². The molecule has 5 heteroatoms. The van der Waals surface area contributed by atoms with Crippen molar-refractivity contribution in [2.24, 2.45) is 5.84 Å². The Morgan fingerprint density at radius 3 is 2.65 bits per heavy atom. The number of nitrogens with zero attached hydrogens (tertiary/aromatic N) is 1. The highest BCUT2D eigenvalue weighted by Gasteiger charge is 2.15. The van der Waals surface area contributed by atoms with Crippen molar-refractivity contribution in [2.45, 2.75) is 20.4 Å². The largest absolute Gasteiger partial charge is 0.456 e. The van der Waals surface area contributed by atoms with Gasteiger partial charge in [-0.05, 0) is 32.0 Å². The summed E-state index contributed by atoms with van der Waals surface area (Å²) in [6.07, 6.45) is 0. The van der Waals surface area contributed by atoms with Gasteiger partial charge in [-0.25, -0.2) is 5.84 Å². The maximum atomic E-state index is 11.5. The highest BCUT2D eigenvalue weighted by molar-refractivity contribution is 5.91. The SMILES string of the molecule is CCN(Cc1cc(C(=O)NN)oc1C)c1ccccc1. The minimum Gasteiger partial charge on any atom is -0.456 e. The Labute approximate surface area is 118 Å². The van der Waals surface area contributed by atoms with Crippen LogP contribution in [0.5, 0.6) is 0 Å². The van der Waals surface area contributed by atoms with E-state index in [1.165, 1.54) is 0 Å². The standard InChI is InChI=1S/C15H19N3O2/c1-3-18(13-7-5-4-6-8-13)10-12-9-14(15(19)17-16)20-11(12)2/h4-9H,3,10,16H2,1-2H3,(H,17,19). The number of anilines is 1. The van der Waals surface area contributed by atoms with Crippen LogP contribution in [0.4, 0.5) is 5.69 Å². The third-order valence-corrected chi connectivity index (χ3v) is 3.24. The van der Waals surface area contributed by atoms with Crippen LogP contribution in [0.2, 0.25) is 0 Å². The second kappa shape index (κ2) is 6.25. The maximum absolute atomic E-state index is 11.5. The Balaban J connectivity index is 2.20. The number of para-hydroxylation sites is 1. The van der Waals surface area contributed by atoms with E-state index in [1.807, 2.05) is 25.1 Å². The van der Waals surface area contributed by atoms with Crippen LogP contribution < -0.4 is 16.2 Å². The monoisotopic (exact) mass is 273 g/mol. The molecule has 0 saturated heterocycles. The van der Waals surface area contributed by atoms with Crippen LogP contribution in [0.3, 0.4) is 0 Å². The van der Waals surface area contributed by atoms with Crippen LogP contribution in [0.1, 0.15) is 28.8 Å². The fraction of sp³-hybridized carbons (Fsp3) is 0.267. The van der Waals surface area contributed by atoms with Crippen LogP contribution in [0.25, 0.3) is 0 Å². The molecule has 20 heavy (non-hydrogen) atoms. The van der Waals surface area contributed by atoms with E-state index in [1.54, 1.807) is 6.07 Å². The summed E-state index contributed by atoms with van der Waals surface area (Å²) in [6.45, 7) is 5.50. The quantitative estimate of drug-likeness (QED) is 0.498. The van der Waals surface area contributed by atoms with Crippen molar-refractivity contribution in [2.75, 3.05) is 11.4 Å². The molecule has 2 aromatic rings. The molecule has 0 atom stereocenters. The number of carbonyl (C=O) groups is 1. The van der Waals surface area contributed by atoms with Gasteiger partial charge in [0, 0.05) is 24.3 Å². The fourth-order valence-corrected chi connectivity index (χ4v) is 2.09. The van der Waals surface area contributed by atoms with Crippen molar-refractivity contribution in [1.82, 2.24) is 5.43 Å². The number of hydrogen-bond donors (Lipinski definition) is 2. The predicted octanol–water partition coefficient (Wildman–Crippen LogP) is 2.22. The second-order valence-corrected chi connectivity index (χ2v) is 4.52. The van der Waals surface area contributed by atoms with Crippen molar-refractivity contribution in [3.63, 3.8) is 0 Å². The van der Waals surface area contributed by atoms with Crippen molar-refractivity contribution >= 4 is 11.6 Å². The zero-order valence-electron chi connectivity index (χ0n) is 11.7. The molecular formula is C15H19N3O2. The number of nitrogens with one attached hydrogen (secondary N) is 1. The zero-order chi connectivity index (χ0) is 14.5. The van der Waals surface area contributed by atoms with E-state index >= 15 is 0 Å². The van der Waals surface area contributed by atoms with Crippen molar-refractivity contribution in [3.8, 4) is 0 Å². The minimum atomic E-state index is -0.415. The number of hydrogen-bond acceptors (Lipinski definition) is 4. The van der Waals surface area contributed by atoms with E-state index in [2.05, 4.69) is 29.4 Å². The molecule has 0 aliphatic rings. The summed E-state index contributed by atoms with van der Waals surface area (Å²) in [7, 11) is 0. The van der Waals surface area contributed by atoms with Gasteiger partial charge < -0.3 is 9.32 Å². The molecule has 0 unspecified atom stereocenters. The topological polar surface area (TPSA) is 71.5 Å². The predicted molar refractivity (Wildman–Crippen MR) is 78.3 cm³/mol. The number of furan rings is 1. The zero-order valence-corrected chi connectivity index (χ0v) is 11.7. The molecule has 1 aromatic carbocycles. The molecule has 0 aliphatic carbocycles. The molecule has 5 nitrogen and oxygen atoms in total. The highest BCUT2D eigenvalue weighted by atomic mass is 16.4. The molecule has 106 valence electrons. The lowest BCUT2D eigenvalue weighted by atomic mass is 10.2. The molecule has 0 saturated carbocycles. The first kappa shape index (κ1) is 14.1. The highest BCUT2D eigenvalue weighted by Crippen LogP contribution is 2.21. The normalized spacial score (nSPS) is 10.3.